The van der Waals surface area contributed by atoms with Gasteiger partial charge in [-0.2, -0.15) is 0 Å². The minimum Gasteiger partial charge on any atom is -0.349 e. The van der Waals surface area contributed by atoms with E-state index in [9.17, 15) is 4.79 Å². The van der Waals surface area contributed by atoms with Gasteiger partial charge in [0.1, 0.15) is 5.82 Å². The van der Waals surface area contributed by atoms with Crippen LogP contribution in [0.5, 0.6) is 0 Å². The summed E-state index contributed by atoms with van der Waals surface area (Å²) in [5.41, 5.74) is 8.57. The van der Waals surface area contributed by atoms with Gasteiger partial charge in [-0.1, -0.05) is 18.6 Å². The Labute approximate surface area is 161 Å². The number of amides is 1. The van der Waals surface area contributed by atoms with Crippen LogP contribution in [0.15, 0.2) is 36.7 Å². The van der Waals surface area contributed by atoms with Crippen LogP contribution >= 0.6 is 0 Å². The van der Waals surface area contributed by atoms with Gasteiger partial charge < -0.3 is 15.6 Å². The van der Waals surface area contributed by atoms with Gasteiger partial charge in [0, 0.05) is 30.0 Å². The van der Waals surface area contributed by atoms with Gasteiger partial charge in [-0.15, -0.1) is 0 Å². The average Bonchev–Trinajstić information content (AvgIpc) is 3.07. The minimum atomic E-state index is 0.00544. The van der Waals surface area contributed by atoms with E-state index in [-0.39, 0.29) is 17.9 Å². The zero-order valence-corrected chi connectivity index (χ0v) is 16.3. The van der Waals surface area contributed by atoms with Gasteiger partial charge in [0.15, 0.2) is 0 Å². The Balaban J connectivity index is 1.39. The van der Waals surface area contributed by atoms with E-state index in [1.807, 2.05) is 13.1 Å². The van der Waals surface area contributed by atoms with Crippen molar-refractivity contribution >= 4 is 5.91 Å². The molecule has 2 aliphatic carbocycles. The number of aromatic nitrogens is 2. The van der Waals surface area contributed by atoms with Gasteiger partial charge in [-0.05, 0) is 69.1 Å². The second-order valence-corrected chi connectivity index (χ2v) is 8.36. The molecule has 1 heterocycles. The molecule has 3 atom stereocenters. The van der Waals surface area contributed by atoms with Crippen LogP contribution < -0.4 is 11.1 Å². The van der Waals surface area contributed by atoms with Gasteiger partial charge in [-0.3, -0.25) is 4.79 Å². The monoisotopic (exact) mass is 366 g/mol. The molecule has 0 saturated heterocycles. The van der Waals surface area contributed by atoms with Crippen LogP contribution in [0, 0.1) is 24.7 Å². The van der Waals surface area contributed by atoms with E-state index in [2.05, 4.69) is 46.1 Å². The van der Waals surface area contributed by atoms with Crippen molar-refractivity contribution < 1.29 is 4.79 Å². The van der Waals surface area contributed by atoms with Crippen LogP contribution in [0.3, 0.4) is 0 Å². The smallest absolute Gasteiger partial charge is 0.223 e. The highest BCUT2D eigenvalue weighted by atomic mass is 16.1. The van der Waals surface area contributed by atoms with E-state index < -0.39 is 0 Å². The number of carbonyl (C=O) groups is 1. The van der Waals surface area contributed by atoms with Crippen molar-refractivity contribution in [1.29, 1.82) is 0 Å². The van der Waals surface area contributed by atoms with Crippen LogP contribution in [-0.4, -0.2) is 21.5 Å². The van der Waals surface area contributed by atoms with Gasteiger partial charge in [-0.25, -0.2) is 4.98 Å². The van der Waals surface area contributed by atoms with Crippen LogP contribution in [0.1, 0.15) is 56.5 Å². The number of rotatable bonds is 4. The van der Waals surface area contributed by atoms with Crippen molar-refractivity contribution in [2.24, 2.45) is 23.5 Å². The number of carbonyl (C=O) groups excluding carboxylic acids is 1. The molecule has 2 bridgehead atoms. The lowest BCUT2D eigenvalue weighted by molar-refractivity contribution is -0.128. The topological polar surface area (TPSA) is 72.9 Å². The summed E-state index contributed by atoms with van der Waals surface area (Å²) in [6.45, 7) is 4.05. The van der Waals surface area contributed by atoms with E-state index >= 15 is 0 Å². The lowest BCUT2D eigenvalue weighted by Gasteiger charge is -2.43. The molecule has 27 heavy (non-hydrogen) atoms. The molecule has 3 unspecified atom stereocenters. The van der Waals surface area contributed by atoms with Gasteiger partial charge >= 0.3 is 0 Å². The zero-order valence-electron chi connectivity index (χ0n) is 16.3. The van der Waals surface area contributed by atoms with Crippen LogP contribution in [0.4, 0.5) is 0 Å². The molecule has 1 aromatic heterocycles. The summed E-state index contributed by atoms with van der Waals surface area (Å²) in [5.74, 6) is 2.34. The molecule has 2 fully saturated rings. The van der Waals surface area contributed by atoms with Gasteiger partial charge in [0.2, 0.25) is 5.91 Å². The lowest BCUT2D eigenvalue weighted by Crippen LogP contribution is -2.49. The van der Waals surface area contributed by atoms with Crippen molar-refractivity contribution in [3.8, 4) is 5.69 Å². The molecule has 1 amide bonds. The number of aryl methyl sites for hydroxylation is 1. The summed E-state index contributed by atoms with van der Waals surface area (Å²) in [7, 11) is 0. The summed E-state index contributed by atoms with van der Waals surface area (Å²) in [5, 5.41) is 3.24. The molecule has 2 saturated carbocycles. The van der Waals surface area contributed by atoms with E-state index in [1.165, 1.54) is 19.3 Å². The molecule has 3 N–H and O–H groups in total. The first kappa shape index (κ1) is 18.2. The van der Waals surface area contributed by atoms with E-state index in [0.29, 0.717) is 17.9 Å². The summed E-state index contributed by atoms with van der Waals surface area (Å²) in [6, 6.07) is 8.65. The first-order chi connectivity index (χ1) is 13.0. The van der Waals surface area contributed by atoms with Crippen LogP contribution in [0.2, 0.25) is 0 Å². The van der Waals surface area contributed by atoms with Crippen LogP contribution in [0.25, 0.3) is 5.69 Å². The Morgan fingerprint density at radius 2 is 1.89 bits per heavy atom. The quantitative estimate of drug-likeness (QED) is 0.870. The predicted molar refractivity (Wildman–Crippen MR) is 106 cm³/mol. The molecule has 0 aliphatic heterocycles. The molecule has 4 rings (SSSR count). The summed E-state index contributed by atoms with van der Waals surface area (Å²) in [6.07, 6.45) is 9.32. The maximum Gasteiger partial charge on any atom is 0.223 e. The van der Waals surface area contributed by atoms with E-state index in [0.717, 1.165) is 29.9 Å². The van der Waals surface area contributed by atoms with Gasteiger partial charge in [0.25, 0.3) is 0 Å². The molecule has 1 aromatic carbocycles. The van der Waals surface area contributed by atoms with Crippen molar-refractivity contribution in [2.75, 3.05) is 0 Å². The normalized spacial score (nSPS) is 28.6. The first-order valence-electron chi connectivity index (χ1n) is 10.2. The molecule has 5 heteroatoms. The largest absolute Gasteiger partial charge is 0.349 e. The molecule has 5 nitrogen and oxygen atoms in total. The fourth-order valence-electron chi connectivity index (χ4n) is 4.99. The van der Waals surface area contributed by atoms with E-state index in [1.54, 1.807) is 6.20 Å². The minimum absolute atomic E-state index is 0.00544. The second kappa shape index (κ2) is 7.47. The number of nitrogens with one attached hydrogen (secondary N) is 1. The summed E-state index contributed by atoms with van der Waals surface area (Å²) >= 11 is 0. The molecular weight excluding hydrogens is 336 g/mol. The Hall–Kier alpha value is -2.14. The highest BCUT2D eigenvalue weighted by Gasteiger charge is 2.40. The number of fused-ring (bicyclic) bond motifs is 2. The maximum absolute atomic E-state index is 12.9. The predicted octanol–water partition coefficient (Wildman–Crippen LogP) is 3.51. The lowest BCUT2D eigenvalue weighted by atomic mass is 9.65. The highest BCUT2D eigenvalue weighted by molar-refractivity contribution is 5.79. The third-order valence-electron chi connectivity index (χ3n) is 6.64. The Morgan fingerprint density at radius 1 is 1.22 bits per heavy atom. The van der Waals surface area contributed by atoms with E-state index in [4.69, 9.17) is 5.73 Å². The molecule has 2 aromatic rings. The number of nitrogens with two attached hydrogens (primary N) is 1. The number of imidazole rings is 1. The average molecular weight is 367 g/mol. The molecule has 0 spiro atoms. The Morgan fingerprint density at radius 3 is 2.48 bits per heavy atom. The van der Waals surface area contributed by atoms with Crippen molar-refractivity contribution in [1.82, 2.24) is 14.9 Å². The van der Waals surface area contributed by atoms with Crippen LogP contribution in [-0.2, 0) is 4.79 Å². The maximum atomic E-state index is 12.9. The highest BCUT2D eigenvalue weighted by Crippen LogP contribution is 2.42. The van der Waals surface area contributed by atoms with Gasteiger partial charge in [0.05, 0.1) is 6.04 Å². The van der Waals surface area contributed by atoms with Crippen molar-refractivity contribution in [2.45, 2.75) is 58.0 Å². The SMILES string of the molecule is Cc1nccn1-c1ccc(C(C)NC(=O)C2CC3CCCC(C2)C3N)cc1. The molecule has 0 radical (unpaired) electrons. The third kappa shape index (κ3) is 3.65. The fraction of sp³-hybridized carbons (Fsp3) is 0.545. The molecule has 144 valence electrons. The molecule has 2 aliphatic rings. The zero-order chi connectivity index (χ0) is 19.0. The third-order valence-corrected chi connectivity index (χ3v) is 6.64. The van der Waals surface area contributed by atoms with Crippen molar-refractivity contribution in [3.05, 3.63) is 48.0 Å². The van der Waals surface area contributed by atoms with Crippen molar-refractivity contribution in [3.63, 3.8) is 0 Å². The Bertz CT molecular complexity index is 783. The fourth-order valence-corrected chi connectivity index (χ4v) is 4.99. The molecular formula is C22H30N4O. The summed E-state index contributed by atoms with van der Waals surface area (Å²) < 4.78 is 2.05. The Kier molecular flexibility index (Phi) is 5.04. The number of benzene rings is 1. The first-order valence-corrected chi connectivity index (χ1v) is 10.2. The number of hydrogen-bond acceptors (Lipinski definition) is 3. The number of hydrogen-bond donors (Lipinski definition) is 2. The summed E-state index contributed by atoms with van der Waals surface area (Å²) in [4.78, 5) is 17.1. The standard InChI is InChI=1S/C22H30N4O/c1-14(16-6-8-20(9-7-16)26-11-10-24-15(26)2)25-22(27)19-12-17-4-3-5-18(13-19)21(17)23/h6-11,14,17-19,21H,3-5,12-13,23H2,1-2H3,(H,25,27). The number of nitrogens with zero attached hydrogens (tertiary/aromatic N) is 2. The second-order valence-electron chi connectivity index (χ2n) is 8.36.